The number of hydrogen-bond acceptors (Lipinski definition) is 2. The van der Waals surface area contributed by atoms with E-state index in [1.165, 1.54) is 5.56 Å². The molecule has 3 heteroatoms. The van der Waals surface area contributed by atoms with E-state index in [9.17, 15) is 0 Å². The van der Waals surface area contributed by atoms with Gasteiger partial charge in [-0.05, 0) is 31.2 Å². The minimum Gasteiger partial charge on any atom is -0.494 e. The van der Waals surface area contributed by atoms with Crippen LogP contribution in [0.5, 0.6) is 5.75 Å². The Labute approximate surface area is 92.1 Å². The fraction of sp³-hybridized carbons (Fsp3) is 0.455. The van der Waals surface area contributed by atoms with E-state index in [4.69, 9.17) is 4.74 Å². The summed E-state index contributed by atoms with van der Waals surface area (Å²) < 4.78 is 5.40. The van der Waals surface area contributed by atoms with Crippen molar-refractivity contribution in [3.63, 3.8) is 0 Å². The number of hydrogen-bond donors (Lipinski definition) is 1. The first kappa shape index (κ1) is 13.3. The van der Waals surface area contributed by atoms with Crippen molar-refractivity contribution in [3.05, 3.63) is 29.8 Å². The van der Waals surface area contributed by atoms with Gasteiger partial charge in [0.1, 0.15) is 5.75 Å². The second kappa shape index (κ2) is 7.65. The van der Waals surface area contributed by atoms with Crippen LogP contribution < -0.4 is 10.1 Å². The van der Waals surface area contributed by atoms with Crippen LogP contribution in [0.4, 0.5) is 0 Å². The predicted octanol–water partition coefficient (Wildman–Crippen LogP) is 2.62. The maximum atomic E-state index is 5.40. The molecule has 0 fully saturated rings. The lowest BCUT2D eigenvalue weighted by Gasteiger charge is -2.05. The van der Waals surface area contributed by atoms with Gasteiger partial charge in [0.15, 0.2) is 0 Å². The Hall–Kier alpha value is -0.730. The summed E-state index contributed by atoms with van der Waals surface area (Å²) in [4.78, 5) is 0. The molecule has 0 aliphatic carbocycles. The van der Waals surface area contributed by atoms with E-state index in [0.717, 1.165) is 25.4 Å². The zero-order valence-electron chi connectivity index (χ0n) is 8.75. The zero-order chi connectivity index (χ0) is 9.52. The van der Waals surface area contributed by atoms with Crippen LogP contribution in [0.3, 0.4) is 0 Å². The predicted molar refractivity (Wildman–Crippen MR) is 62.2 cm³/mol. The SMILES string of the molecule is CCNCc1cccc(OCC)c1.Cl. The van der Waals surface area contributed by atoms with Crippen molar-refractivity contribution in [3.8, 4) is 5.75 Å². The molecule has 0 spiro atoms. The van der Waals surface area contributed by atoms with Gasteiger partial charge in [-0.1, -0.05) is 19.1 Å². The number of benzene rings is 1. The van der Waals surface area contributed by atoms with Gasteiger partial charge in [-0.2, -0.15) is 0 Å². The molecular weight excluding hydrogens is 198 g/mol. The monoisotopic (exact) mass is 215 g/mol. The molecule has 0 radical (unpaired) electrons. The van der Waals surface area contributed by atoms with E-state index in [0.29, 0.717) is 0 Å². The van der Waals surface area contributed by atoms with Crippen molar-refractivity contribution in [1.82, 2.24) is 5.32 Å². The molecule has 14 heavy (non-hydrogen) atoms. The minimum absolute atomic E-state index is 0. The Morgan fingerprint density at radius 1 is 1.29 bits per heavy atom. The number of rotatable bonds is 5. The van der Waals surface area contributed by atoms with Crippen LogP contribution >= 0.6 is 12.4 Å². The summed E-state index contributed by atoms with van der Waals surface area (Å²) in [6.45, 7) is 6.74. The average molecular weight is 216 g/mol. The van der Waals surface area contributed by atoms with Crippen molar-refractivity contribution < 1.29 is 4.74 Å². The molecule has 0 bridgehead atoms. The molecule has 0 aromatic heterocycles. The molecule has 1 rings (SSSR count). The summed E-state index contributed by atoms with van der Waals surface area (Å²) in [6.07, 6.45) is 0. The molecule has 0 heterocycles. The molecule has 0 unspecified atom stereocenters. The highest BCUT2D eigenvalue weighted by Gasteiger charge is 1.94. The Morgan fingerprint density at radius 2 is 2.07 bits per heavy atom. The Morgan fingerprint density at radius 3 is 2.71 bits per heavy atom. The molecule has 0 amide bonds. The van der Waals surface area contributed by atoms with E-state index < -0.39 is 0 Å². The molecule has 1 aromatic rings. The standard InChI is InChI=1S/C11H17NO.ClH/c1-3-12-9-10-6-5-7-11(8-10)13-4-2;/h5-8,12H,3-4,9H2,1-2H3;1H. The van der Waals surface area contributed by atoms with Gasteiger partial charge >= 0.3 is 0 Å². The highest BCUT2D eigenvalue weighted by molar-refractivity contribution is 5.85. The lowest BCUT2D eigenvalue weighted by Crippen LogP contribution is -2.11. The molecule has 0 atom stereocenters. The summed E-state index contributed by atoms with van der Waals surface area (Å²) in [5, 5.41) is 3.28. The fourth-order valence-corrected chi connectivity index (χ4v) is 1.18. The first-order valence-corrected chi connectivity index (χ1v) is 4.79. The van der Waals surface area contributed by atoms with Gasteiger partial charge in [0, 0.05) is 6.54 Å². The zero-order valence-corrected chi connectivity index (χ0v) is 9.56. The summed E-state index contributed by atoms with van der Waals surface area (Å²) >= 11 is 0. The van der Waals surface area contributed by atoms with E-state index in [2.05, 4.69) is 24.4 Å². The van der Waals surface area contributed by atoms with Crippen LogP contribution in [0.15, 0.2) is 24.3 Å². The summed E-state index contributed by atoms with van der Waals surface area (Å²) in [5.74, 6) is 0.956. The number of nitrogens with one attached hydrogen (secondary N) is 1. The third kappa shape index (κ3) is 4.49. The quantitative estimate of drug-likeness (QED) is 0.816. The number of ether oxygens (including phenoxy) is 1. The summed E-state index contributed by atoms with van der Waals surface area (Å²) in [6, 6.07) is 8.19. The molecule has 0 aliphatic heterocycles. The minimum atomic E-state index is 0. The molecule has 0 aliphatic rings. The van der Waals surface area contributed by atoms with Crippen LogP contribution in [-0.4, -0.2) is 13.2 Å². The third-order valence-electron chi connectivity index (χ3n) is 1.79. The van der Waals surface area contributed by atoms with Crippen LogP contribution in [0.1, 0.15) is 19.4 Å². The fourth-order valence-electron chi connectivity index (χ4n) is 1.18. The lowest BCUT2D eigenvalue weighted by molar-refractivity contribution is 0.340. The van der Waals surface area contributed by atoms with Crippen LogP contribution in [0.25, 0.3) is 0 Å². The molecule has 0 saturated carbocycles. The van der Waals surface area contributed by atoms with Gasteiger partial charge in [-0.3, -0.25) is 0 Å². The Bertz CT molecular complexity index is 253. The van der Waals surface area contributed by atoms with Crippen LogP contribution in [-0.2, 0) is 6.54 Å². The molecule has 1 aromatic carbocycles. The van der Waals surface area contributed by atoms with Gasteiger partial charge in [0.05, 0.1) is 6.61 Å². The summed E-state index contributed by atoms with van der Waals surface area (Å²) in [7, 11) is 0. The van der Waals surface area contributed by atoms with Gasteiger partial charge in [0.2, 0.25) is 0 Å². The normalized spacial score (nSPS) is 9.29. The summed E-state index contributed by atoms with van der Waals surface area (Å²) in [5.41, 5.74) is 1.27. The molecular formula is C11H18ClNO. The van der Waals surface area contributed by atoms with Crippen molar-refractivity contribution in [1.29, 1.82) is 0 Å². The average Bonchev–Trinajstić information content (AvgIpc) is 2.16. The second-order valence-corrected chi connectivity index (χ2v) is 2.86. The van der Waals surface area contributed by atoms with Gasteiger partial charge in [0.25, 0.3) is 0 Å². The van der Waals surface area contributed by atoms with E-state index in [1.807, 2.05) is 19.1 Å². The second-order valence-electron chi connectivity index (χ2n) is 2.86. The van der Waals surface area contributed by atoms with Gasteiger partial charge in [-0.25, -0.2) is 0 Å². The first-order chi connectivity index (χ1) is 6.36. The molecule has 2 nitrogen and oxygen atoms in total. The van der Waals surface area contributed by atoms with Crippen molar-refractivity contribution >= 4 is 12.4 Å². The van der Waals surface area contributed by atoms with Gasteiger partial charge < -0.3 is 10.1 Å². The highest BCUT2D eigenvalue weighted by atomic mass is 35.5. The topological polar surface area (TPSA) is 21.3 Å². The van der Waals surface area contributed by atoms with E-state index in [1.54, 1.807) is 0 Å². The number of halogens is 1. The Kier molecular flexibility index (Phi) is 7.25. The highest BCUT2D eigenvalue weighted by Crippen LogP contribution is 2.12. The smallest absolute Gasteiger partial charge is 0.119 e. The lowest BCUT2D eigenvalue weighted by atomic mass is 10.2. The van der Waals surface area contributed by atoms with Crippen molar-refractivity contribution in [2.24, 2.45) is 0 Å². The third-order valence-corrected chi connectivity index (χ3v) is 1.79. The molecule has 0 saturated heterocycles. The molecule has 1 N–H and O–H groups in total. The van der Waals surface area contributed by atoms with E-state index >= 15 is 0 Å². The Balaban J connectivity index is 0.00000169. The van der Waals surface area contributed by atoms with Crippen molar-refractivity contribution in [2.75, 3.05) is 13.2 Å². The van der Waals surface area contributed by atoms with E-state index in [-0.39, 0.29) is 12.4 Å². The van der Waals surface area contributed by atoms with Gasteiger partial charge in [-0.15, -0.1) is 12.4 Å². The largest absolute Gasteiger partial charge is 0.494 e. The first-order valence-electron chi connectivity index (χ1n) is 4.79. The molecule has 80 valence electrons. The maximum Gasteiger partial charge on any atom is 0.119 e. The van der Waals surface area contributed by atoms with Crippen molar-refractivity contribution in [2.45, 2.75) is 20.4 Å². The van der Waals surface area contributed by atoms with Crippen LogP contribution in [0, 0.1) is 0 Å². The van der Waals surface area contributed by atoms with Crippen LogP contribution in [0.2, 0.25) is 0 Å². The maximum absolute atomic E-state index is 5.40.